The highest BCUT2D eigenvalue weighted by Crippen LogP contribution is 2.35. The summed E-state index contributed by atoms with van der Waals surface area (Å²) in [7, 11) is 0. The number of hydrogen-bond acceptors (Lipinski definition) is 4. The van der Waals surface area contributed by atoms with Crippen LogP contribution >= 0.6 is 12.2 Å². The second-order valence-corrected chi connectivity index (χ2v) is 9.10. The van der Waals surface area contributed by atoms with Gasteiger partial charge < -0.3 is 20.3 Å². The van der Waals surface area contributed by atoms with Gasteiger partial charge in [0.1, 0.15) is 11.9 Å². The van der Waals surface area contributed by atoms with E-state index < -0.39 is 0 Å². The van der Waals surface area contributed by atoms with Gasteiger partial charge in [0.2, 0.25) is 0 Å². The van der Waals surface area contributed by atoms with Crippen molar-refractivity contribution in [2.24, 2.45) is 5.73 Å². The highest BCUT2D eigenvalue weighted by atomic mass is 32.1. The summed E-state index contributed by atoms with van der Waals surface area (Å²) in [5.74, 6) is 0.998. The van der Waals surface area contributed by atoms with Gasteiger partial charge in [0.25, 0.3) is 0 Å². The van der Waals surface area contributed by atoms with Crippen LogP contribution in [-0.2, 0) is 6.42 Å². The number of ether oxygens (including phenoxy) is 1. The molecular weight excluding hydrogens is 354 g/mol. The van der Waals surface area contributed by atoms with Gasteiger partial charge in [0, 0.05) is 49.6 Å². The Balaban J connectivity index is 1.42. The number of thiocarbonyl (C=S) groups is 1. The van der Waals surface area contributed by atoms with Gasteiger partial charge in [-0.1, -0.05) is 24.7 Å². The van der Waals surface area contributed by atoms with Crippen molar-refractivity contribution >= 4 is 22.9 Å². The summed E-state index contributed by atoms with van der Waals surface area (Å²) in [6.45, 7) is 5.97. The van der Waals surface area contributed by atoms with Crippen molar-refractivity contribution in [1.29, 1.82) is 0 Å². The van der Waals surface area contributed by atoms with Gasteiger partial charge in [-0.2, -0.15) is 0 Å². The van der Waals surface area contributed by atoms with E-state index in [1.54, 1.807) is 0 Å². The van der Waals surface area contributed by atoms with E-state index >= 15 is 0 Å². The van der Waals surface area contributed by atoms with E-state index in [0.717, 1.165) is 18.3 Å². The van der Waals surface area contributed by atoms with E-state index in [2.05, 4.69) is 34.9 Å². The Morgan fingerprint density at radius 2 is 1.93 bits per heavy atom. The van der Waals surface area contributed by atoms with Gasteiger partial charge in [0.15, 0.2) is 0 Å². The summed E-state index contributed by atoms with van der Waals surface area (Å²) < 4.78 is 6.35. The standard InChI is InChI=1S/C22H33N3OS/c1-16-6-5-11-25(16)21-15-19(8-7-17(21)12-22(23)27)26-20-13-18(14-20)24-9-3-2-4-10-24/h7-8,15-16,18,20H,2-6,9-14H2,1H3,(H2,23,27). The first kappa shape index (κ1) is 19.0. The number of rotatable bonds is 6. The Hall–Kier alpha value is -1.33. The quantitative estimate of drug-likeness (QED) is 0.750. The molecule has 4 rings (SSSR count). The average molecular weight is 388 g/mol. The maximum absolute atomic E-state index is 6.35. The Morgan fingerprint density at radius 3 is 2.59 bits per heavy atom. The fourth-order valence-corrected chi connectivity index (χ4v) is 5.08. The monoisotopic (exact) mass is 387 g/mol. The molecule has 0 bridgehead atoms. The fraction of sp³-hybridized carbons (Fsp3) is 0.682. The Labute approximate surface area is 169 Å². The SMILES string of the molecule is CC1CCCN1c1cc(OC2CC(N3CCCCC3)C2)ccc1CC(N)=S. The van der Waals surface area contributed by atoms with Gasteiger partial charge in [-0.25, -0.2) is 0 Å². The zero-order valence-electron chi connectivity index (χ0n) is 16.5. The number of likely N-dealkylation sites (tertiary alicyclic amines) is 1. The van der Waals surface area contributed by atoms with Crippen molar-refractivity contribution in [2.75, 3.05) is 24.5 Å². The molecule has 1 aromatic carbocycles. The van der Waals surface area contributed by atoms with Crippen LogP contribution in [0.3, 0.4) is 0 Å². The number of nitrogens with two attached hydrogens (primary N) is 1. The molecule has 1 aromatic rings. The maximum atomic E-state index is 6.35. The molecule has 0 spiro atoms. The molecule has 1 atom stereocenters. The van der Waals surface area contributed by atoms with Gasteiger partial charge >= 0.3 is 0 Å². The number of piperidine rings is 1. The molecule has 0 aromatic heterocycles. The minimum atomic E-state index is 0.363. The summed E-state index contributed by atoms with van der Waals surface area (Å²) in [4.78, 5) is 5.73. The number of anilines is 1. The van der Waals surface area contributed by atoms with Crippen molar-refractivity contribution < 1.29 is 4.74 Å². The van der Waals surface area contributed by atoms with Crippen LogP contribution in [0.4, 0.5) is 5.69 Å². The zero-order valence-corrected chi connectivity index (χ0v) is 17.3. The van der Waals surface area contributed by atoms with Crippen LogP contribution in [-0.4, -0.2) is 47.7 Å². The Kier molecular flexibility index (Phi) is 5.88. The van der Waals surface area contributed by atoms with Crippen LogP contribution in [0.5, 0.6) is 5.75 Å². The third kappa shape index (κ3) is 4.40. The smallest absolute Gasteiger partial charge is 0.121 e. The van der Waals surface area contributed by atoms with Crippen LogP contribution in [0.1, 0.15) is 57.4 Å². The number of nitrogens with zero attached hydrogens (tertiary/aromatic N) is 2. The van der Waals surface area contributed by atoms with E-state index in [4.69, 9.17) is 22.7 Å². The predicted octanol–water partition coefficient (Wildman–Crippen LogP) is 3.90. The lowest BCUT2D eigenvalue weighted by molar-refractivity contribution is 0.00893. The van der Waals surface area contributed by atoms with E-state index in [1.807, 2.05) is 0 Å². The molecule has 2 heterocycles. The molecular formula is C22H33N3OS. The fourth-order valence-electron chi connectivity index (χ4n) is 4.92. The Morgan fingerprint density at radius 1 is 1.15 bits per heavy atom. The molecule has 1 saturated carbocycles. The molecule has 0 radical (unpaired) electrons. The first-order valence-corrected chi connectivity index (χ1v) is 11.1. The molecule has 2 aliphatic heterocycles. The highest BCUT2D eigenvalue weighted by Gasteiger charge is 2.35. The molecule has 1 unspecified atom stereocenters. The highest BCUT2D eigenvalue weighted by molar-refractivity contribution is 7.80. The molecule has 27 heavy (non-hydrogen) atoms. The van der Waals surface area contributed by atoms with E-state index in [1.165, 1.54) is 69.3 Å². The summed E-state index contributed by atoms with van der Waals surface area (Å²) in [6.07, 6.45) is 9.99. The van der Waals surface area contributed by atoms with Crippen molar-refractivity contribution in [3.63, 3.8) is 0 Å². The summed E-state index contributed by atoms with van der Waals surface area (Å²) in [5, 5.41) is 0. The largest absolute Gasteiger partial charge is 0.490 e. The van der Waals surface area contributed by atoms with Crippen LogP contribution in [0.15, 0.2) is 18.2 Å². The van der Waals surface area contributed by atoms with E-state index in [9.17, 15) is 0 Å². The van der Waals surface area contributed by atoms with Crippen molar-refractivity contribution in [3.05, 3.63) is 23.8 Å². The first-order valence-electron chi connectivity index (χ1n) is 10.7. The summed E-state index contributed by atoms with van der Waals surface area (Å²) in [5.41, 5.74) is 8.33. The first-order chi connectivity index (χ1) is 13.1. The second-order valence-electron chi connectivity index (χ2n) is 8.58. The molecule has 4 nitrogen and oxygen atoms in total. The van der Waals surface area contributed by atoms with Crippen molar-refractivity contribution in [3.8, 4) is 5.75 Å². The molecule has 1 aliphatic carbocycles. The van der Waals surface area contributed by atoms with Gasteiger partial charge in [-0.3, -0.25) is 0 Å². The molecule has 0 amide bonds. The van der Waals surface area contributed by atoms with Gasteiger partial charge in [-0.05, 0) is 57.3 Å². The minimum Gasteiger partial charge on any atom is -0.490 e. The number of benzene rings is 1. The maximum Gasteiger partial charge on any atom is 0.121 e. The predicted molar refractivity (Wildman–Crippen MR) is 116 cm³/mol. The van der Waals surface area contributed by atoms with Crippen LogP contribution in [0.2, 0.25) is 0 Å². The van der Waals surface area contributed by atoms with Crippen LogP contribution < -0.4 is 15.4 Å². The van der Waals surface area contributed by atoms with E-state index in [-0.39, 0.29) is 0 Å². The summed E-state index contributed by atoms with van der Waals surface area (Å²) >= 11 is 5.17. The van der Waals surface area contributed by atoms with Gasteiger partial charge in [0.05, 0.1) is 4.99 Å². The molecule has 148 valence electrons. The minimum absolute atomic E-state index is 0.363. The molecule has 3 fully saturated rings. The normalized spacial score (nSPS) is 28.8. The van der Waals surface area contributed by atoms with Gasteiger partial charge in [-0.15, -0.1) is 0 Å². The summed E-state index contributed by atoms with van der Waals surface area (Å²) in [6, 6.07) is 7.80. The third-order valence-corrected chi connectivity index (χ3v) is 6.71. The number of hydrogen-bond donors (Lipinski definition) is 1. The topological polar surface area (TPSA) is 41.7 Å². The third-order valence-electron chi connectivity index (χ3n) is 6.56. The lowest BCUT2D eigenvalue weighted by Gasteiger charge is -2.44. The molecule has 3 aliphatic rings. The van der Waals surface area contributed by atoms with Crippen LogP contribution in [0, 0.1) is 0 Å². The Bertz CT molecular complexity index is 668. The lowest BCUT2D eigenvalue weighted by atomic mass is 9.86. The average Bonchev–Trinajstić information content (AvgIpc) is 3.05. The lowest BCUT2D eigenvalue weighted by Crippen LogP contribution is -2.50. The zero-order chi connectivity index (χ0) is 18.8. The van der Waals surface area contributed by atoms with Crippen molar-refractivity contribution in [1.82, 2.24) is 4.90 Å². The second kappa shape index (κ2) is 8.36. The molecule has 2 saturated heterocycles. The molecule has 2 N–H and O–H groups in total. The van der Waals surface area contributed by atoms with Crippen LogP contribution in [0.25, 0.3) is 0 Å². The molecule has 5 heteroatoms. The van der Waals surface area contributed by atoms with Crippen molar-refractivity contribution in [2.45, 2.75) is 76.5 Å². The van der Waals surface area contributed by atoms with E-state index in [0.29, 0.717) is 23.6 Å².